The molecular weight excluding hydrogens is 328 g/mol. The van der Waals surface area contributed by atoms with Crippen LogP contribution in [0, 0.1) is 0 Å². The topological polar surface area (TPSA) is 61.5 Å². The van der Waals surface area contributed by atoms with Crippen molar-refractivity contribution in [2.75, 3.05) is 33.3 Å². The molecule has 1 fully saturated rings. The van der Waals surface area contributed by atoms with E-state index in [1.54, 1.807) is 13.4 Å². The fourth-order valence-electron chi connectivity index (χ4n) is 3.35. The van der Waals surface area contributed by atoms with Gasteiger partial charge in [0.2, 0.25) is 0 Å². The number of carbonyl (C=O) groups is 1. The van der Waals surface area contributed by atoms with E-state index in [2.05, 4.69) is 27.0 Å². The summed E-state index contributed by atoms with van der Waals surface area (Å²) in [5.41, 5.74) is 3.74. The number of methoxy groups -OCH3 is 1. The second-order valence-electron chi connectivity index (χ2n) is 6.55. The number of hydrogen-bond donors (Lipinski definition) is 1. The molecule has 0 unspecified atom stereocenters. The third kappa shape index (κ3) is 3.41. The SMILES string of the molecule is COc1ccc(CN2CCN(C(=O)c3ccc4[nH]cnc4c3)CC2)cc1. The van der Waals surface area contributed by atoms with Gasteiger partial charge < -0.3 is 14.6 Å². The zero-order chi connectivity index (χ0) is 17.9. The molecule has 0 saturated carbocycles. The molecule has 6 heteroatoms. The number of amides is 1. The quantitative estimate of drug-likeness (QED) is 0.785. The minimum absolute atomic E-state index is 0.0824. The minimum atomic E-state index is 0.0824. The zero-order valence-electron chi connectivity index (χ0n) is 14.8. The van der Waals surface area contributed by atoms with Crippen LogP contribution in [0.1, 0.15) is 15.9 Å². The van der Waals surface area contributed by atoms with Gasteiger partial charge in [0.1, 0.15) is 5.75 Å². The highest BCUT2D eigenvalue weighted by Crippen LogP contribution is 2.17. The summed E-state index contributed by atoms with van der Waals surface area (Å²) < 4.78 is 5.20. The van der Waals surface area contributed by atoms with E-state index in [-0.39, 0.29) is 5.91 Å². The van der Waals surface area contributed by atoms with Gasteiger partial charge in [-0.05, 0) is 35.9 Å². The van der Waals surface area contributed by atoms with Crippen molar-refractivity contribution in [3.63, 3.8) is 0 Å². The number of imidazole rings is 1. The van der Waals surface area contributed by atoms with E-state index in [0.717, 1.165) is 49.5 Å². The summed E-state index contributed by atoms with van der Waals surface area (Å²) in [5.74, 6) is 0.956. The maximum atomic E-state index is 12.8. The van der Waals surface area contributed by atoms with Crippen molar-refractivity contribution in [2.24, 2.45) is 0 Å². The number of aromatic amines is 1. The molecule has 0 aliphatic carbocycles. The molecule has 0 spiro atoms. The zero-order valence-corrected chi connectivity index (χ0v) is 14.8. The van der Waals surface area contributed by atoms with Crippen LogP contribution in [0.25, 0.3) is 11.0 Å². The first-order valence-electron chi connectivity index (χ1n) is 8.80. The Morgan fingerprint density at radius 1 is 1.12 bits per heavy atom. The van der Waals surface area contributed by atoms with E-state index >= 15 is 0 Å². The lowest BCUT2D eigenvalue weighted by Crippen LogP contribution is -2.48. The van der Waals surface area contributed by atoms with Gasteiger partial charge in [-0.1, -0.05) is 12.1 Å². The molecule has 4 rings (SSSR count). The summed E-state index contributed by atoms with van der Waals surface area (Å²) >= 11 is 0. The Labute approximate surface area is 152 Å². The number of aromatic nitrogens is 2. The lowest BCUT2D eigenvalue weighted by Gasteiger charge is -2.34. The number of hydrogen-bond acceptors (Lipinski definition) is 4. The highest BCUT2D eigenvalue weighted by Gasteiger charge is 2.22. The number of ether oxygens (including phenoxy) is 1. The van der Waals surface area contributed by atoms with Crippen LogP contribution in [0.5, 0.6) is 5.75 Å². The smallest absolute Gasteiger partial charge is 0.254 e. The molecule has 3 aromatic rings. The van der Waals surface area contributed by atoms with Gasteiger partial charge in [0.15, 0.2) is 0 Å². The van der Waals surface area contributed by atoms with Crippen LogP contribution in [-0.2, 0) is 6.54 Å². The van der Waals surface area contributed by atoms with Gasteiger partial charge in [0.05, 0.1) is 24.5 Å². The van der Waals surface area contributed by atoms with Gasteiger partial charge in [0.25, 0.3) is 5.91 Å². The molecule has 6 nitrogen and oxygen atoms in total. The molecule has 2 heterocycles. The van der Waals surface area contributed by atoms with E-state index < -0.39 is 0 Å². The summed E-state index contributed by atoms with van der Waals surface area (Å²) in [4.78, 5) is 24.3. The molecule has 134 valence electrons. The number of H-pyrrole nitrogens is 1. The fraction of sp³-hybridized carbons (Fsp3) is 0.300. The van der Waals surface area contributed by atoms with E-state index in [4.69, 9.17) is 4.74 Å². The number of fused-ring (bicyclic) bond motifs is 1. The van der Waals surface area contributed by atoms with Crippen molar-refractivity contribution in [1.82, 2.24) is 19.8 Å². The van der Waals surface area contributed by atoms with Crippen molar-refractivity contribution in [2.45, 2.75) is 6.54 Å². The summed E-state index contributed by atoms with van der Waals surface area (Å²) in [7, 11) is 1.68. The average Bonchev–Trinajstić information content (AvgIpc) is 3.16. The van der Waals surface area contributed by atoms with E-state index in [0.29, 0.717) is 5.56 Å². The molecule has 1 amide bonds. The minimum Gasteiger partial charge on any atom is -0.497 e. The van der Waals surface area contributed by atoms with E-state index in [1.807, 2.05) is 35.2 Å². The Hall–Kier alpha value is -2.86. The number of nitrogens with zero attached hydrogens (tertiary/aromatic N) is 3. The third-order valence-corrected chi connectivity index (χ3v) is 4.89. The van der Waals surface area contributed by atoms with E-state index in [1.165, 1.54) is 5.56 Å². The van der Waals surface area contributed by atoms with Gasteiger partial charge in [-0.25, -0.2) is 4.98 Å². The fourth-order valence-corrected chi connectivity index (χ4v) is 3.35. The first-order valence-corrected chi connectivity index (χ1v) is 8.80. The highest BCUT2D eigenvalue weighted by molar-refractivity contribution is 5.97. The summed E-state index contributed by atoms with van der Waals surface area (Å²) in [6.45, 7) is 4.14. The standard InChI is InChI=1S/C20H22N4O2/c1-26-17-5-2-15(3-6-17)13-23-8-10-24(11-9-23)20(25)16-4-7-18-19(12-16)22-14-21-18/h2-7,12,14H,8-11,13H2,1H3,(H,21,22). The first kappa shape index (κ1) is 16.6. The highest BCUT2D eigenvalue weighted by atomic mass is 16.5. The van der Waals surface area contributed by atoms with Crippen molar-refractivity contribution < 1.29 is 9.53 Å². The summed E-state index contributed by atoms with van der Waals surface area (Å²) in [6.07, 6.45) is 1.65. The predicted molar refractivity (Wildman–Crippen MR) is 100 cm³/mol. The summed E-state index contributed by atoms with van der Waals surface area (Å²) in [6, 6.07) is 13.8. The normalized spacial score (nSPS) is 15.3. The molecule has 0 atom stereocenters. The van der Waals surface area contributed by atoms with Crippen LogP contribution < -0.4 is 4.74 Å². The molecule has 1 saturated heterocycles. The van der Waals surface area contributed by atoms with Crippen LogP contribution >= 0.6 is 0 Å². The predicted octanol–water partition coefficient (Wildman–Crippen LogP) is 2.53. The van der Waals surface area contributed by atoms with Gasteiger partial charge in [-0.2, -0.15) is 0 Å². The molecule has 1 aliphatic rings. The third-order valence-electron chi connectivity index (χ3n) is 4.89. The van der Waals surface area contributed by atoms with Crippen molar-refractivity contribution in [1.29, 1.82) is 0 Å². The van der Waals surface area contributed by atoms with Crippen molar-refractivity contribution >= 4 is 16.9 Å². The maximum absolute atomic E-state index is 12.8. The van der Waals surface area contributed by atoms with Gasteiger partial charge >= 0.3 is 0 Å². The monoisotopic (exact) mass is 350 g/mol. The van der Waals surface area contributed by atoms with Crippen LogP contribution in [0.2, 0.25) is 0 Å². The van der Waals surface area contributed by atoms with Gasteiger partial charge in [-0.15, -0.1) is 0 Å². The lowest BCUT2D eigenvalue weighted by atomic mass is 10.1. The molecule has 1 aromatic heterocycles. The molecule has 1 aliphatic heterocycles. The van der Waals surface area contributed by atoms with Gasteiger partial charge in [0, 0.05) is 38.3 Å². The molecule has 1 N–H and O–H groups in total. The Kier molecular flexibility index (Phi) is 4.58. The lowest BCUT2D eigenvalue weighted by molar-refractivity contribution is 0.0628. The number of benzene rings is 2. The number of piperazine rings is 1. The number of carbonyl (C=O) groups excluding carboxylic acids is 1. The second kappa shape index (κ2) is 7.17. The van der Waals surface area contributed by atoms with Gasteiger partial charge in [-0.3, -0.25) is 9.69 Å². The summed E-state index contributed by atoms with van der Waals surface area (Å²) in [5, 5.41) is 0. The second-order valence-corrected chi connectivity index (χ2v) is 6.55. The number of rotatable bonds is 4. The van der Waals surface area contributed by atoms with Crippen LogP contribution in [0.3, 0.4) is 0 Å². The van der Waals surface area contributed by atoms with Crippen molar-refractivity contribution in [3.05, 3.63) is 59.9 Å². The molecule has 26 heavy (non-hydrogen) atoms. The molecular formula is C20H22N4O2. The Morgan fingerprint density at radius 3 is 2.62 bits per heavy atom. The first-order chi connectivity index (χ1) is 12.7. The molecule has 2 aromatic carbocycles. The Bertz CT molecular complexity index is 896. The van der Waals surface area contributed by atoms with Crippen molar-refractivity contribution in [3.8, 4) is 5.75 Å². The number of nitrogens with one attached hydrogen (secondary N) is 1. The Balaban J connectivity index is 1.35. The maximum Gasteiger partial charge on any atom is 0.254 e. The Morgan fingerprint density at radius 2 is 1.88 bits per heavy atom. The molecule has 0 bridgehead atoms. The largest absolute Gasteiger partial charge is 0.497 e. The molecule has 0 radical (unpaired) electrons. The van der Waals surface area contributed by atoms with Crippen LogP contribution in [0.4, 0.5) is 0 Å². The van der Waals surface area contributed by atoms with Crippen LogP contribution in [0.15, 0.2) is 48.8 Å². The van der Waals surface area contributed by atoms with E-state index in [9.17, 15) is 4.79 Å². The average molecular weight is 350 g/mol. The van der Waals surface area contributed by atoms with Crippen LogP contribution in [-0.4, -0.2) is 59.0 Å².